The van der Waals surface area contributed by atoms with Gasteiger partial charge in [-0.05, 0) is 12.8 Å². The van der Waals surface area contributed by atoms with E-state index in [2.05, 4.69) is 5.32 Å². The third-order valence-corrected chi connectivity index (χ3v) is 3.98. The fourth-order valence-electron chi connectivity index (χ4n) is 2.78. The molecule has 118 valence electrons. The Kier molecular flexibility index (Phi) is 6.67. The van der Waals surface area contributed by atoms with E-state index >= 15 is 0 Å². The lowest BCUT2D eigenvalue weighted by molar-refractivity contribution is 0.296. The minimum atomic E-state index is 0.660. The average Bonchev–Trinajstić information content (AvgIpc) is 2.80. The quantitative estimate of drug-likeness (QED) is 0.618. The maximum atomic E-state index is 5.79. The number of ether oxygens (including phenoxy) is 3. The Bertz CT molecular complexity index is 392. The minimum Gasteiger partial charge on any atom is -0.496 e. The van der Waals surface area contributed by atoms with Crippen LogP contribution in [0.4, 0.5) is 0 Å². The van der Waals surface area contributed by atoms with Crippen molar-refractivity contribution in [3.63, 3.8) is 0 Å². The highest BCUT2D eigenvalue weighted by molar-refractivity contribution is 5.41. The van der Waals surface area contributed by atoms with Gasteiger partial charge in [0.1, 0.15) is 23.9 Å². The lowest BCUT2D eigenvalue weighted by Crippen LogP contribution is -2.32. The number of hydrogen-bond acceptors (Lipinski definition) is 4. The van der Waals surface area contributed by atoms with Crippen LogP contribution in [0.1, 0.15) is 38.5 Å². The monoisotopic (exact) mass is 293 g/mol. The summed E-state index contributed by atoms with van der Waals surface area (Å²) < 4.78 is 16.3. The molecule has 2 rings (SSSR count). The van der Waals surface area contributed by atoms with Crippen LogP contribution >= 0.6 is 0 Å². The second-order valence-electron chi connectivity index (χ2n) is 5.54. The Balaban J connectivity index is 1.74. The van der Waals surface area contributed by atoms with Crippen molar-refractivity contribution in [3.8, 4) is 17.2 Å². The first-order valence-corrected chi connectivity index (χ1v) is 7.91. The summed E-state index contributed by atoms with van der Waals surface area (Å²) in [6, 6.07) is 6.27. The van der Waals surface area contributed by atoms with Crippen molar-refractivity contribution < 1.29 is 14.2 Å². The zero-order chi connectivity index (χ0) is 14.9. The Hall–Kier alpha value is -1.42. The average molecular weight is 293 g/mol. The van der Waals surface area contributed by atoms with Crippen LogP contribution in [0.3, 0.4) is 0 Å². The fourth-order valence-corrected chi connectivity index (χ4v) is 2.78. The Labute approximate surface area is 127 Å². The van der Waals surface area contributed by atoms with E-state index in [1.807, 2.05) is 18.2 Å². The van der Waals surface area contributed by atoms with Gasteiger partial charge >= 0.3 is 0 Å². The van der Waals surface area contributed by atoms with E-state index in [9.17, 15) is 0 Å². The highest BCUT2D eigenvalue weighted by atomic mass is 16.5. The summed E-state index contributed by atoms with van der Waals surface area (Å²) in [7, 11) is 3.29. The number of methoxy groups -OCH3 is 2. The van der Waals surface area contributed by atoms with E-state index in [1.165, 1.54) is 38.5 Å². The van der Waals surface area contributed by atoms with Crippen molar-refractivity contribution in [3.05, 3.63) is 18.2 Å². The molecule has 0 amide bonds. The molecule has 21 heavy (non-hydrogen) atoms. The molecule has 1 aliphatic carbocycles. The zero-order valence-corrected chi connectivity index (χ0v) is 13.2. The summed E-state index contributed by atoms with van der Waals surface area (Å²) in [5.41, 5.74) is 0. The lowest BCUT2D eigenvalue weighted by Gasteiger charge is -2.16. The van der Waals surface area contributed by atoms with Crippen molar-refractivity contribution >= 4 is 0 Å². The molecule has 0 saturated heterocycles. The lowest BCUT2D eigenvalue weighted by atomic mass is 10.1. The van der Waals surface area contributed by atoms with E-state index in [0.717, 1.165) is 23.8 Å². The summed E-state index contributed by atoms with van der Waals surface area (Å²) in [6.07, 6.45) is 8.08. The maximum absolute atomic E-state index is 5.79. The van der Waals surface area contributed by atoms with Crippen LogP contribution in [-0.4, -0.2) is 33.4 Å². The van der Waals surface area contributed by atoms with Crippen LogP contribution in [0.25, 0.3) is 0 Å². The maximum Gasteiger partial charge on any atom is 0.126 e. The first-order chi connectivity index (χ1) is 10.3. The van der Waals surface area contributed by atoms with E-state index in [1.54, 1.807) is 14.2 Å². The van der Waals surface area contributed by atoms with Gasteiger partial charge in [-0.15, -0.1) is 0 Å². The molecule has 4 nitrogen and oxygen atoms in total. The van der Waals surface area contributed by atoms with Crippen LogP contribution in [0.2, 0.25) is 0 Å². The first-order valence-electron chi connectivity index (χ1n) is 7.91. The van der Waals surface area contributed by atoms with E-state index < -0.39 is 0 Å². The molecule has 1 aromatic carbocycles. The second kappa shape index (κ2) is 8.78. The molecule has 1 aromatic rings. The smallest absolute Gasteiger partial charge is 0.126 e. The molecular formula is C17H27NO3. The van der Waals surface area contributed by atoms with Gasteiger partial charge in [-0.3, -0.25) is 0 Å². The summed E-state index contributed by atoms with van der Waals surface area (Å²) in [5, 5.41) is 3.60. The van der Waals surface area contributed by atoms with Gasteiger partial charge in [0.2, 0.25) is 0 Å². The van der Waals surface area contributed by atoms with Gasteiger partial charge in [-0.25, -0.2) is 0 Å². The highest BCUT2D eigenvalue weighted by Gasteiger charge is 2.11. The minimum absolute atomic E-state index is 0.660. The van der Waals surface area contributed by atoms with Crippen molar-refractivity contribution in [2.45, 2.75) is 44.6 Å². The van der Waals surface area contributed by atoms with E-state index in [-0.39, 0.29) is 0 Å². The standard InChI is InChI=1S/C17H27NO3/c1-19-15-11-16(20-2)13-17(12-15)21-10-9-18-14-7-5-3-4-6-8-14/h11-14,18H,3-10H2,1-2H3. The summed E-state index contributed by atoms with van der Waals surface area (Å²) >= 11 is 0. The van der Waals surface area contributed by atoms with Crippen LogP contribution in [0, 0.1) is 0 Å². The van der Waals surface area contributed by atoms with E-state index in [4.69, 9.17) is 14.2 Å². The van der Waals surface area contributed by atoms with Crippen LogP contribution < -0.4 is 19.5 Å². The molecule has 1 N–H and O–H groups in total. The van der Waals surface area contributed by atoms with Gasteiger partial charge in [0.15, 0.2) is 0 Å². The normalized spacial score (nSPS) is 16.3. The molecular weight excluding hydrogens is 266 g/mol. The van der Waals surface area contributed by atoms with Gasteiger partial charge < -0.3 is 19.5 Å². The Morgan fingerprint density at radius 2 is 1.48 bits per heavy atom. The van der Waals surface area contributed by atoms with Gasteiger partial charge in [0, 0.05) is 30.8 Å². The van der Waals surface area contributed by atoms with Gasteiger partial charge in [0.05, 0.1) is 14.2 Å². The number of rotatable bonds is 7. The summed E-state index contributed by atoms with van der Waals surface area (Å²) in [5.74, 6) is 2.29. The molecule has 0 unspecified atom stereocenters. The number of benzene rings is 1. The molecule has 0 spiro atoms. The molecule has 0 heterocycles. The van der Waals surface area contributed by atoms with Crippen LogP contribution in [0.5, 0.6) is 17.2 Å². The molecule has 0 atom stereocenters. The molecule has 4 heteroatoms. The highest BCUT2D eigenvalue weighted by Crippen LogP contribution is 2.27. The summed E-state index contributed by atoms with van der Waals surface area (Å²) in [6.45, 7) is 1.54. The first kappa shape index (κ1) is 16.0. The predicted molar refractivity (Wildman–Crippen MR) is 84.5 cm³/mol. The second-order valence-corrected chi connectivity index (χ2v) is 5.54. The molecule has 0 aromatic heterocycles. The van der Waals surface area contributed by atoms with Crippen LogP contribution in [0.15, 0.2) is 18.2 Å². The van der Waals surface area contributed by atoms with E-state index in [0.29, 0.717) is 12.6 Å². The topological polar surface area (TPSA) is 39.7 Å². The zero-order valence-electron chi connectivity index (χ0n) is 13.2. The fraction of sp³-hybridized carbons (Fsp3) is 0.647. The molecule has 1 aliphatic rings. The molecule has 0 aliphatic heterocycles. The van der Waals surface area contributed by atoms with Gasteiger partial charge in [-0.1, -0.05) is 25.7 Å². The van der Waals surface area contributed by atoms with Crippen molar-refractivity contribution in [1.29, 1.82) is 0 Å². The third-order valence-electron chi connectivity index (χ3n) is 3.98. The van der Waals surface area contributed by atoms with Crippen LogP contribution in [-0.2, 0) is 0 Å². The molecule has 0 radical (unpaired) electrons. The predicted octanol–water partition coefficient (Wildman–Crippen LogP) is 3.40. The molecule has 1 fully saturated rings. The van der Waals surface area contributed by atoms with Crippen molar-refractivity contribution in [2.24, 2.45) is 0 Å². The summed E-state index contributed by atoms with van der Waals surface area (Å²) in [4.78, 5) is 0. The van der Waals surface area contributed by atoms with Gasteiger partial charge in [0.25, 0.3) is 0 Å². The van der Waals surface area contributed by atoms with Gasteiger partial charge in [-0.2, -0.15) is 0 Å². The molecule has 1 saturated carbocycles. The largest absolute Gasteiger partial charge is 0.496 e. The van der Waals surface area contributed by atoms with Crippen molar-refractivity contribution in [2.75, 3.05) is 27.4 Å². The SMILES string of the molecule is COc1cc(OC)cc(OCCNC2CCCCCC2)c1. The number of hydrogen-bond donors (Lipinski definition) is 1. The molecule has 0 bridgehead atoms. The number of nitrogens with one attached hydrogen (secondary N) is 1. The van der Waals surface area contributed by atoms with Crippen molar-refractivity contribution in [1.82, 2.24) is 5.32 Å². The Morgan fingerprint density at radius 3 is 2.05 bits per heavy atom. The third kappa shape index (κ3) is 5.46. The Morgan fingerprint density at radius 1 is 0.905 bits per heavy atom.